The van der Waals surface area contributed by atoms with Crippen LogP contribution in [0.4, 0.5) is 9.59 Å². The predicted octanol–water partition coefficient (Wildman–Crippen LogP) is 6.32. The van der Waals surface area contributed by atoms with Crippen molar-refractivity contribution in [3.8, 4) is 21.1 Å². The van der Waals surface area contributed by atoms with Crippen LogP contribution in [-0.4, -0.2) is 98.1 Å². The third-order valence-corrected chi connectivity index (χ3v) is 11.7. The van der Waals surface area contributed by atoms with Crippen LogP contribution >= 0.6 is 11.3 Å². The number of likely N-dealkylation sites (tertiary alicyclic amines) is 2. The van der Waals surface area contributed by atoms with Gasteiger partial charge in [-0.15, -0.1) is 11.3 Å². The summed E-state index contributed by atoms with van der Waals surface area (Å²) < 4.78 is 9.53. The van der Waals surface area contributed by atoms with E-state index < -0.39 is 24.3 Å². The zero-order chi connectivity index (χ0) is 39.0. The Labute approximate surface area is 322 Å². The number of fused-ring (bicyclic) bond motifs is 3. The Morgan fingerprint density at radius 2 is 1.42 bits per heavy atom. The van der Waals surface area contributed by atoms with Crippen LogP contribution < -0.4 is 10.6 Å². The summed E-state index contributed by atoms with van der Waals surface area (Å²) in [7, 11) is 2.57. The fourth-order valence-electron chi connectivity index (χ4n) is 7.67. The fraction of sp³-hybridized carbons (Fsp3) is 0.462. The van der Waals surface area contributed by atoms with Crippen LogP contribution in [0.15, 0.2) is 42.7 Å². The molecule has 0 saturated carbocycles. The molecule has 2 fully saturated rings. The molecule has 290 valence electrons. The van der Waals surface area contributed by atoms with Gasteiger partial charge in [0, 0.05) is 24.7 Å². The highest BCUT2D eigenvalue weighted by Gasteiger charge is 2.39. The van der Waals surface area contributed by atoms with Gasteiger partial charge in [-0.1, -0.05) is 45.9 Å². The van der Waals surface area contributed by atoms with Crippen molar-refractivity contribution in [3.05, 3.63) is 54.4 Å². The van der Waals surface area contributed by atoms with E-state index in [2.05, 4.69) is 49.9 Å². The molecule has 5 aromatic rings. The normalized spacial score (nSPS) is 18.3. The van der Waals surface area contributed by atoms with Gasteiger partial charge < -0.3 is 39.9 Å². The Hall–Kier alpha value is -5.51. The number of nitrogens with one attached hydrogen (secondary N) is 4. The Balaban J connectivity index is 1.09. The van der Waals surface area contributed by atoms with E-state index in [0.717, 1.165) is 74.5 Å². The number of hydrogen-bond acceptors (Lipinski definition) is 10. The minimum atomic E-state index is -0.702. The fourth-order valence-corrected chi connectivity index (χ4v) is 8.55. The lowest BCUT2D eigenvalue weighted by atomic mass is 10.0. The molecule has 4 N–H and O–H groups in total. The quantitative estimate of drug-likeness (QED) is 0.126. The summed E-state index contributed by atoms with van der Waals surface area (Å²) in [5, 5.41) is 8.23. The molecule has 4 amide bonds. The van der Waals surface area contributed by atoms with E-state index in [1.165, 1.54) is 14.2 Å². The van der Waals surface area contributed by atoms with Crippen LogP contribution in [0.25, 0.3) is 42.9 Å². The second kappa shape index (κ2) is 15.7. The number of thiazole rings is 1. The van der Waals surface area contributed by atoms with Crippen molar-refractivity contribution < 1.29 is 28.7 Å². The highest BCUT2D eigenvalue weighted by molar-refractivity contribution is 7.18. The summed E-state index contributed by atoms with van der Waals surface area (Å²) in [6, 6.07) is 8.48. The molecular formula is C39H47N9O6S. The number of imidazole rings is 2. The summed E-state index contributed by atoms with van der Waals surface area (Å²) in [4.78, 5) is 77.1. The number of methoxy groups -OCH3 is 2. The van der Waals surface area contributed by atoms with Crippen molar-refractivity contribution in [2.45, 2.75) is 77.5 Å². The van der Waals surface area contributed by atoms with Gasteiger partial charge >= 0.3 is 12.2 Å². The van der Waals surface area contributed by atoms with Gasteiger partial charge in [-0.05, 0) is 60.6 Å². The Kier molecular flexibility index (Phi) is 10.8. The second-order valence-corrected chi connectivity index (χ2v) is 15.9. The third kappa shape index (κ3) is 7.46. The summed E-state index contributed by atoms with van der Waals surface area (Å²) in [6.07, 6.45) is 5.56. The Morgan fingerprint density at radius 1 is 0.800 bits per heavy atom. The van der Waals surface area contributed by atoms with Crippen molar-refractivity contribution in [1.29, 1.82) is 0 Å². The summed E-state index contributed by atoms with van der Waals surface area (Å²) >= 11 is 1.55. The van der Waals surface area contributed by atoms with Crippen LogP contribution in [-0.2, 0) is 19.1 Å². The number of benzene rings is 2. The highest BCUT2D eigenvalue weighted by atomic mass is 32.1. The number of nitrogens with zero attached hydrogens (tertiary/aromatic N) is 5. The highest BCUT2D eigenvalue weighted by Crippen LogP contribution is 2.38. The van der Waals surface area contributed by atoms with E-state index in [1.54, 1.807) is 22.4 Å². The topological polar surface area (TPSA) is 188 Å². The number of hydrogen-bond donors (Lipinski definition) is 4. The van der Waals surface area contributed by atoms with Crippen molar-refractivity contribution in [1.82, 2.24) is 45.4 Å². The van der Waals surface area contributed by atoms with Gasteiger partial charge in [-0.2, -0.15) is 0 Å². The first-order chi connectivity index (χ1) is 26.5. The first-order valence-corrected chi connectivity index (χ1v) is 19.5. The molecule has 1 unspecified atom stereocenters. The Morgan fingerprint density at radius 3 is 2.02 bits per heavy atom. The van der Waals surface area contributed by atoms with E-state index in [1.807, 2.05) is 44.9 Å². The standard InChI is InChI=1S/C39H47N9O6S/c1-20(2)30(45-38(51)53-5)36(49)47-15-7-9-27(47)33-40-18-26(43-33)35-41-19-29(55-35)23-11-13-24-22(17-23)12-14-25-32(24)44-34(42-25)28-10-8-16-48(28)37(50)31(21(3)4)46-39(52)54-6/h11-14,17-21,27-28,30-31H,7-10,15-16H2,1-6H3,(H,40,43)(H,42,44)(H,45,51)(H,46,52)/t27-,28-,30-,31?/m0/s1. The van der Waals surface area contributed by atoms with Crippen LogP contribution in [0, 0.1) is 11.8 Å². The van der Waals surface area contributed by atoms with E-state index in [0.29, 0.717) is 18.9 Å². The number of rotatable bonds is 10. The van der Waals surface area contributed by atoms with Crippen molar-refractivity contribution >= 4 is 57.1 Å². The number of ether oxygens (including phenoxy) is 2. The van der Waals surface area contributed by atoms with E-state index >= 15 is 0 Å². The van der Waals surface area contributed by atoms with Crippen LogP contribution in [0.3, 0.4) is 0 Å². The summed E-state index contributed by atoms with van der Waals surface area (Å²) in [6.45, 7) is 8.75. The predicted molar refractivity (Wildman–Crippen MR) is 208 cm³/mol. The minimum absolute atomic E-state index is 0.116. The summed E-state index contributed by atoms with van der Waals surface area (Å²) in [5.74, 6) is 0.886. The number of H-pyrrole nitrogens is 2. The molecule has 5 heterocycles. The number of alkyl carbamates (subject to hydrolysis) is 2. The van der Waals surface area contributed by atoms with Gasteiger partial charge in [-0.3, -0.25) is 9.59 Å². The third-order valence-electron chi connectivity index (χ3n) is 10.6. The SMILES string of the molecule is COC(=O)NC(C(=O)N1CCC[C@H]1c1nc2ccc3cc(-c4cnc(-c5cnc([C@@H]6CCCN6C(=O)[C@@H](NC(=O)OC)C(C)C)[nH]5)s4)ccc3c2[nH]1)C(C)C. The lowest BCUT2D eigenvalue weighted by Crippen LogP contribution is -2.51. The van der Waals surface area contributed by atoms with Crippen LogP contribution in [0.2, 0.25) is 0 Å². The number of aromatic nitrogens is 5. The monoisotopic (exact) mass is 769 g/mol. The Bertz CT molecular complexity index is 2230. The zero-order valence-electron chi connectivity index (χ0n) is 31.8. The molecule has 2 aliphatic rings. The number of carbonyl (C=O) groups excluding carboxylic acids is 4. The largest absolute Gasteiger partial charge is 0.453 e. The molecule has 15 nitrogen and oxygen atoms in total. The maximum absolute atomic E-state index is 13.7. The van der Waals surface area contributed by atoms with Gasteiger partial charge in [0.15, 0.2) is 0 Å². The number of carbonyl (C=O) groups is 4. The molecule has 7 rings (SSSR count). The molecule has 0 aliphatic carbocycles. The van der Waals surface area contributed by atoms with Crippen LogP contribution in [0.1, 0.15) is 77.1 Å². The van der Waals surface area contributed by atoms with Gasteiger partial charge in [0.1, 0.15) is 28.7 Å². The first kappa shape index (κ1) is 37.8. The van der Waals surface area contributed by atoms with Gasteiger partial charge in [-0.25, -0.2) is 24.5 Å². The zero-order valence-corrected chi connectivity index (χ0v) is 32.7. The molecule has 0 spiro atoms. The first-order valence-electron chi connectivity index (χ1n) is 18.7. The molecule has 2 aliphatic heterocycles. The molecule has 4 atom stereocenters. The molecule has 0 radical (unpaired) electrons. The van der Waals surface area contributed by atoms with Crippen molar-refractivity contribution in [2.75, 3.05) is 27.3 Å². The van der Waals surface area contributed by atoms with E-state index in [-0.39, 0.29) is 35.7 Å². The minimum Gasteiger partial charge on any atom is -0.453 e. The molecule has 3 aromatic heterocycles. The second-order valence-electron chi connectivity index (χ2n) is 14.8. The molecule has 2 saturated heterocycles. The maximum atomic E-state index is 13.7. The van der Waals surface area contributed by atoms with Gasteiger partial charge in [0.2, 0.25) is 11.8 Å². The molecule has 16 heteroatoms. The van der Waals surface area contributed by atoms with Gasteiger partial charge in [0.25, 0.3) is 0 Å². The smallest absolute Gasteiger partial charge is 0.407 e. The number of aromatic amines is 2. The van der Waals surface area contributed by atoms with E-state index in [9.17, 15) is 19.2 Å². The summed E-state index contributed by atoms with van der Waals surface area (Å²) in [5.41, 5.74) is 3.51. The molecule has 55 heavy (non-hydrogen) atoms. The van der Waals surface area contributed by atoms with Crippen LogP contribution in [0.5, 0.6) is 0 Å². The van der Waals surface area contributed by atoms with Crippen molar-refractivity contribution in [2.24, 2.45) is 11.8 Å². The lowest BCUT2D eigenvalue weighted by molar-refractivity contribution is -0.136. The average molecular weight is 770 g/mol. The molecular weight excluding hydrogens is 723 g/mol. The molecule has 2 aromatic carbocycles. The van der Waals surface area contributed by atoms with Gasteiger partial charge in [0.05, 0.1) is 54.1 Å². The molecule has 0 bridgehead atoms. The van der Waals surface area contributed by atoms with E-state index in [4.69, 9.17) is 19.4 Å². The number of amides is 4. The lowest BCUT2D eigenvalue weighted by Gasteiger charge is -2.29. The van der Waals surface area contributed by atoms with Crippen molar-refractivity contribution in [3.63, 3.8) is 0 Å². The maximum Gasteiger partial charge on any atom is 0.407 e. The average Bonchev–Trinajstić information content (AvgIpc) is 4.03.